The molecule has 3 nitrogen and oxygen atoms in total. The van der Waals surface area contributed by atoms with Gasteiger partial charge in [-0.05, 0) is 36.6 Å². The maximum atomic E-state index is 11.6. The second-order valence-corrected chi connectivity index (χ2v) is 5.57. The molecule has 0 aliphatic heterocycles. The van der Waals surface area contributed by atoms with Gasteiger partial charge in [0.25, 0.3) is 0 Å². The van der Waals surface area contributed by atoms with Gasteiger partial charge in [0.2, 0.25) is 0 Å². The van der Waals surface area contributed by atoms with Crippen molar-refractivity contribution in [3.05, 3.63) is 28.2 Å². The van der Waals surface area contributed by atoms with E-state index in [1.54, 1.807) is 0 Å². The van der Waals surface area contributed by atoms with Crippen LogP contribution in [-0.2, 0) is 9.53 Å². The van der Waals surface area contributed by atoms with Gasteiger partial charge in [-0.3, -0.25) is 4.79 Å². The van der Waals surface area contributed by atoms with Crippen molar-refractivity contribution in [3.63, 3.8) is 0 Å². The van der Waals surface area contributed by atoms with Gasteiger partial charge < -0.3 is 10.1 Å². The van der Waals surface area contributed by atoms with E-state index >= 15 is 0 Å². The van der Waals surface area contributed by atoms with Crippen molar-refractivity contribution in [2.24, 2.45) is 11.8 Å². The zero-order chi connectivity index (χ0) is 13.7. The molecule has 0 fully saturated rings. The Morgan fingerprint density at radius 3 is 2.61 bits per heavy atom. The van der Waals surface area contributed by atoms with Crippen molar-refractivity contribution in [3.8, 4) is 0 Å². The highest BCUT2D eigenvalue weighted by Gasteiger charge is 2.22. The summed E-state index contributed by atoms with van der Waals surface area (Å²) in [5.74, 6) is -0.0354. The molecule has 0 aliphatic rings. The molecule has 0 saturated heterocycles. The summed E-state index contributed by atoms with van der Waals surface area (Å²) >= 11 is 3.47. The van der Waals surface area contributed by atoms with Crippen LogP contribution in [0.4, 0.5) is 5.69 Å². The lowest BCUT2D eigenvalue weighted by Crippen LogP contribution is -2.28. The monoisotopic (exact) mass is 313 g/mol. The van der Waals surface area contributed by atoms with Crippen LogP contribution in [0.5, 0.6) is 0 Å². The highest BCUT2D eigenvalue weighted by atomic mass is 79.9. The number of ether oxygens (including phenoxy) is 1. The number of carbonyl (C=O) groups is 1. The first-order valence-electron chi connectivity index (χ1n) is 6.03. The summed E-state index contributed by atoms with van der Waals surface area (Å²) in [7, 11) is 1.43. The normalized spacial score (nSPS) is 12.3. The fourth-order valence-corrected chi connectivity index (χ4v) is 1.97. The largest absolute Gasteiger partial charge is 0.469 e. The number of benzene rings is 1. The maximum absolute atomic E-state index is 11.6. The fourth-order valence-electron chi connectivity index (χ4n) is 1.73. The Balaban J connectivity index is 2.67. The zero-order valence-electron chi connectivity index (χ0n) is 11.3. The van der Waals surface area contributed by atoms with Crippen molar-refractivity contribution in [1.29, 1.82) is 0 Å². The lowest BCUT2D eigenvalue weighted by molar-refractivity contribution is -0.146. The Labute approximate surface area is 117 Å². The van der Waals surface area contributed by atoms with Crippen molar-refractivity contribution in [2.45, 2.75) is 20.8 Å². The molecule has 0 bridgehead atoms. The van der Waals surface area contributed by atoms with Crippen molar-refractivity contribution in [2.75, 3.05) is 19.0 Å². The minimum atomic E-state index is -0.161. The second kappa shape index (κ2) is 6.78. The number of aryl methyl sites for hydroxylation is 1. The molecule has 1 atom stereocenters. The third kappa shape index (κ3) is 4.02. The SMILES string of the molecule is COC(=O)C(CNc1ccc(Br)c(C)c1)C(C)C. The first kappa shape index (κ1) is 15.0. The standard InChI is InChI=1S/C14H20BrNO2/c1-9(2)12(14(17)18-4)8-16-11-5-6-13(15)10(3)7-11/h5-7,9,12,16H,8H2,1-4H3. The van der Waals surface area contributed by atoms with Gasteiger partial charge in [-0.15, -0.1) is 0 Å². The molecule has 1 N–H and O–H groups in total. The Bertz CT molecular complexity index is 418. The molecule has 1 aromatic rings. The van der Waals surface area contributed by atoms with Crippen molar-refractivity contribution >= 4 is 27.6 Å². The number of hydrogen-bond acceptors (Lipinski definition) is 3. The molecule has 0 aliphatic carbocycles. The average Bonchev–Trinajstić information content (AvgIpc) is 2.33. The van der Waals surface area contributed by atoms with Crippen molar-refractivity contribution < 1.29 is 9.53 Å². The summed E-state index contributed by atoms with van der Waals surface area (Å²) < 4.78 is 5.90. The lowest BCUT2D eigenvalue weighted by atomic mass is 9.96. The van der Waals surface area contributed by atoms with Gasteiger partial charge in [-0.25, -0.2) is 0 Å². The number of nitrogens with one attached hydrogen (secondary N) is 1. The van der Waals surface area contributed by atoms with Gasteiger partial charge in [0.15, 0.2) is 0 Å². The zero-order valence-corrected chi connectivity index (χ0v) is 12.9. The predicted molar refractivity (Wildman–Crippen MR) is 77.7 cm³/mol. The molecule has 4 heteroatoms. The van der Waals surface area contributed by atoms with E-state index < -0.39 is 0 Å². The highest BCUT2D eigenvalue weighted by molar-refractivity contribution is 9.10. The van der Waals surface area contributed by atoms with Crippen LogP contribution in [0.3, 0.4) is 0 Å². The molecular weight excluding hydrogens is 294 g/mol. The Kier molecular flexibility index (Phi) is 5.66. The van der Waals surface area contributed by atoms with Gasteiger partial charge in [0, 0.05) is 16.7 Å². The van der Waals surface area contributed by atoms with E-state index in [1.807, 2.05) is 32.9 Å². The predicted octanol–water partition coefficient (Wildman–Crippen LogP) is 3.61. The number of halogens is 1. The van der Waals surface area contributed by atoms with Crippen LogP contribution in [0.15, 0.2) is 22.7 Å². The molecule has 0 aromatic heterocycles. The fraction of sp³-hybridized carbons (Fsp3) is 0.500. The van der Waals surface area contributed by atoms with E-state index in [0.29, 0.717) is 6.54 Å². The summed E-state index contributed by atoms with van der Waals surface area (Å²) in [5.41, 5.74) is 2.18. The van der Waals surface area contributed by atoms with Crippen LogP contribution in [0.25, 0.3) is 0 Å². The second-order valence-electron chi connectivity index (χ2n) is 4.72. The number of anilines is 1. The van der Waals surface area contributed by atoms with Gasteiger partial charge >= 0.3 is 5.97 Å². The average molecular weight is 314 g/mol. The molecule has 1 rings (SSSR count). The Morgan fingerprint density at radius 1 is 1.44 bits per heavy atom. The van der Waals surface area contributed by atoms with Crippen LogP contribution < -0.4 is 5.32 Å². The minimum absolute atomic E-state index is 0.126. The summed E-state index contributed by atoms with van der Waals surface area (Å²) in [5, 5.41) is 3.29. The maximum Gasteiger partial charge on any atom is 0.310 e. The quantitative estimate of drug-likeness (QED) is 0.844. The van der Waals surface area contributed by atoms with Crippen LogP contribution in [0.1, 0.15) is 19.4 Å². The lowest BCUT2D eigenvalue weighted by Gasteiger charge is -2.19. The van der Waals surface area contributed by atoms with Gasteiger partial charge in [-0.2, -0.15) is 0 Å². The van der Waals surface area contributed by atoms with Gasteiger partial charge in [0.1, 0.15) is 0 Å². The van der Waals surface area contributed by atoms with Crippen LogP contribution in [-0.4, -0.2) is 19.6 Å². The molecule has 0 heterocycles. The Hall–Kier alpha value is -1.03. The molecule has 100 valence electrons. The highest BCUT2D eigenvalue weighted by Crippen LogP contribution is 2.21. The van der Waals surface area contributed by atoms with E-state index in [-0.39, 0.29) is 17.8 Å². The van der Waals surface area contributed by atoms with Crippen LogP contribution in [0.2, 0.25) is 0 Å². The van der Waals surface area contributed by atoms with Crippen LogP contribution >= 0.6 is 15.9 Å². The number of carbonyl (C=O) groups excluding carboxylic acids is 1. The van der Waals surface area contributed by atoms with E-state index in [9.17, 15) is 4.79 Å². The summed E-state index contributed by atoms with van der Waals surface area (Å²) in [4.78, 5) is 11.6. The number of rotatable bonds is 5. The molecule has 1 unspecified atom stereocenters. The smallest absolute Gasteiger partial charge is 0.310 e. The number of methoxy groups -OCH3 is 1. The third-order valence-corrected chi connectivity index (χ3v) is 3.88. The van der Waals surface area contributed by atoms with Gasteiger partial charge in [0.05, 0.1) is 13.0 Å². The summed E-state index contributed by atoms with van der Waals surface area (Å²) in [6.45, 7) is 6.67. The molecule has 18 heavy (non-hydrogen) atoms. The van der Waals surface area contributed by atoms with E-state index in [1.165, 1.54) is 12.7 Å². The third-order valence-electron chi connectivity index (χ3n) is 2.99. The van der Waals surface area contributed by atoms with E-state index in [4.69, 9.17) is 4.74 Å². The summed E-state index contributed by atoms with van der Waals surface area (Å²) in [6.07, 6.45) is 0. The van der Waals surface area contributed by atoms with Crippen LogP contribution in [0, 0.1) is 18.8 Å². The topological polar surface area (TPSA) is 38.3 Å². The van der Waals surface area contributed by atoms with E-state index in [0.717, 1.165) is 10.2 Å². The first-order valence-corrected chi connectivity index (χ1v) is 6.83. The minimum Gasteiger partial charge on any atom is -0.469 e. The molecule has 0 radical (unpaired) electrons. The van der Waals surface area contributed by atoms with E-state index in [2.05, 4.69) is 27.3 Å². The summed E-state index contributed by atoms with van der Waals surface area (Å²) in [6, 6.07) is 6.05. The first-order chi connectivity index (χ1) is 8.45. The number of hydrogen-bond donors (Lipinski definition) is 1. The molecule has 0 amide bonds. The molecule has 0 saturated carbocycles. The van der Waals surface area contributed by atoms with Gasteiger partial charge in [-0.1, -0.05) is 29.8 Å². The molecular formula is C14H20BrNO2. The van der Waals surface area contributed by atoms with Crippen molar-refractivity contribution in [1.82, 2.24) is 0 Å². The number of esters is 1. The Morgan fingerprint density at radius 2 is 2.11 bits per heavy atom. The molecule has 1 aromatic carbocycles. The molecule has 0 spiro atoms.